The van der Waals surface area contributed by atoms with E-state index >= 15 is 0 Å². The summed E-state index contributed by atoms with van der Waals surface area (Å²) in [6.07, 6.45) is -2.74. The second-order valence-electron chi connectivity index (χ2n) is 3.03. The van der Waals surface area contributed by atoms with Crippen LogP contribution in [0.5, 0.6) is 0 Å². The molecule has 0 unspecified atom stereocenters. The zero-order chi connectivity index (χ0) is 12.2. The van der Waals surface area contributed by atoms with E-state index in [1.165, 1.54) is 18.2 Å². The van der Waals surface area contributed by atoms with E-state index in [4.69, 9.17) is 11.6 Å². The number of benzene rings is 1. The van der Waals surface area contributed by atoms with Gasteiger partial charge in [0.1, 0.15) is 0 Å². The third-order valence-electron chi connectivity index (χ3n) is 1.92. The lowest BCUT2D eigenvalue weighted by Crippen LogP contribution is -2.06. The Balaban J connectivity index is 2.87. The summed E-state index contributed by atoms with van der Waals surface area (Å²) < 4.78 is 37.0. The summed E-state index contributed by atoms with van der Waals surface area (Å²) in [5, 5.41) is -0.347. The fraction of sp³-hybridized carbons (Fsp3) is 0.300. The fourth-order valence-corrected chi connectivity index (χ4v) is 1.48. The SMILES string of the molecule is O=C=NCCc1ccc(C(F)(F)F)c(Cl)c1. The summed E-state index contributed by atoms with van der Waals surface area (Å²) >= 11 is 5.50. The molecule has 0 aliphatic carbocycles. The highest BCUT2D eigenvalue weighted by atomic mass is 35.5. The van der Waals surface area contributed by atoms with Crippen molar-refractivity contribution in [1.82, 2.24) is 0 Å². The Hall–Kier alpha value is -1.32. The molecular formula is C10H7ClF3NO. The van der Waals surface area contributed by atoms with E-state index in [1.807, 2.05) is 0 Å². The first kappa shape index (κ1) is 12.7. The average Bonchev–Trinajstić information content (AvgIpc) is 2.16. The molecule has 86 valence electrons. The fourth-order valence-electron chi connectivity index (χ4n) is 1.17. The van der Waals surface area contributed by atoms with E-state index in [-0.39, 0.29) is 11.6 Å². The molecular weight excluding hydrogens is 243 g/mol. The van der Waals surface area contributed by atoms with Gasteiger partial charge in [-0.2, -0.15) is 13.2 Å². The van der Waals surface area contributed by atoms with Crippen LogP contribution in [0.15, 0.2) is 23.2 Å². The minimum atomic E-state index is -4.45. The molecule has 0 aliphatic rings. The Kier molecular flexibility index (Phi) is 4.10. The van der Waals surface area contributed by atoms with Crippen molar-refractivity contribution < 1.29 is 18.0 Å². The highest BCUT2D eigenvalue weighted by Crippen LogP contribution is 2.34. The van der Waals surface area contributed by atoms with Crippen molar-refractivity contribution >= 4 is 17.7 Å². The minimum absolute atomic E-state index is 0.186. The van der Waals surface area contributed by atoms with E-state index < -0.39 is 11.7 Å². The van der Waals surface area contributed by atoms with Crippen molar-refractivity contribution in [2.45, 2.75) is 12.6 Å². The van der Waals surface area contributed by atoms with Gasteiger partial charge in [-0.3, -0.25) is 0 Å². The van der Waals surface area contributed by atoms with E-state index in [0.717, 1.165) is 6.07 Å². The van der Waals surface area contributed by atoms with Crippen molar-refractivity contribution in [3.8, 4) is 0 Å². The zero-order valence-electron chi connectivity index (χ0n) is 8.01. The average molecular weight is 250 g/mol. The Morgan fingerprint density at radius 3 is 2.56 bits per heavy atom. The summed E-state index contributed by atoms with van der Waals surface area (Å²) in [4.78, 5) is 13.1. The number of aliphatic imine (C=N–C) groups is 1. The minimum Gasteiger partial charge on any atom is -0.211 e. The smallest absolute Gasteiger partial charge is 0.211 e. The van der Waals surface area contributed by atoms with Crippen molar-refractivity contribution in [3.63, 3.8) is 0 Å². The standard InChI is InChI=1S/C10H7ClF3NO/c11-9-5-7(3-4-15-6-16)1-2-8(9)10(12,13)14/h1-2,5H,3-4H2. The maximum absolute atomic E-state index is 12.3. The molecule has 0 radical (unpaired) electrons. The third kappa shape index (κ3) is 3.36. The van der Waals surface area contributed by atoms with Gasteiger partial charge in [0.2, 0.25) is 6.08 Å². The van der Waals surface area contributed by atoms with E-state index in [9.17, 15) is 18.0 Å². The maximum atomic E-state index is 12.3. The molecule has 0 N–H and O–H groups in total. The Morgan fingerprint density at radius 2 is 2.06 bits per heavy atom. The largest absolute Gasteiger partial charge is 0.417 e. The van der Waals surface area contributed by atoms with Crippen LogP contribution in [0.3, 0.4) is 0 Å². The van der Waals surface area contributed by atoms with Gasteiger partial charge < -0.3 is 0 Å². The Morgan fingerprint density at radius 1 is 1.38 bits per heavy atom. The predicted octanol–water partition coefficient (Wildman–Crippen LogP) is 3.24. The lowest BCUT2D eigenvalue weighted by Gasteiger charge is -2.09. The lowest BCUT2D eigenvalue weighted by atomic mass is 10.1. The molecule has 16 heavy (non-hydrogen) atoms. The van der Waals surface area contributed by atoms with Gasteiger partial charge in [0.25, 0.3) is 0 Å². The molecule has 0 bridgehead atoms. The predicted molar refractivity (Wildman–Crippen MR) is 53.1 cm³/mol. The third-order valence-corrected chi connectivity index (χ3v) is 2.23. The van der Waals surface area contributed by atoms with Crippen LogP contribution in [0.1, 0.15) is 11.1 Å². The van der Waals surface area contributed by atoms with Crippen LogP contribution in [-0.4, -0.2) is 12.6 Å². The lowest BCUT2D eigenvalue weighted by molar-refractivity contribution is -0.137. The number of rotatable bonds is 3. The molecule has 2 nitrogen and oxygen atoms in total. The number of hydrogen-bond acceptors (Lipinski definition) is 2. The number of isocyanates is 1. The molecule has 6 heteroatoms. The van der Waals surface area contributed by atoms with Gasteiger partial charge in [-0.15, -0.1) is 0 Å². The second kappa shape index (κ2) is 5.14. The van der Waals surface area contributed by atoms with Gasteiger partial charge in [-0.25, -0.2) is 9.79 Å². The van der Waals surface area contributed by atoms with Gasteiger partial charge in [0.15, 0.2) is 0 Å². The Bertz CT molecular complexity index is 425. The summed E-state index contributed by atoms with van der Waals surface area (Å²) in [7, 11) is 0. The number of halogens is 4. The molecule has 1 aromatic rings. The van der Waals surface area contributed by atoms with Crippen molar-refractivity contribution in [2.75, 3.05) is 6.54 Å². The molecule has 0 saturated carbocycles. The van der Waals surface area contributed by atoms with Gasteiger partial charge in [-0.1, -0.05) is 17.7 Å². The maximum Gasteiger partial charge on any atom is 0.417 e. The summed E-state index contributed by atoms with van der Waals surface area (Å²) in [5.74, 6) is 0. The van der Waals surface area contributed by atoms with Crippen LogP contribution in [0.25, 0.3) is 0 Å². The number of alkyl halides is 3. The molecule has 1 rings (SSSR count). The highest BCUT2D eigenvalue weighted by molar-refractivity contribution is 6.31. The monoisotopic (exact) mass is 249 g/mol. The summed E-state index contributed by atoms with van der Waals surface area (Å²) in [6.45, 7) is 0.186. The van der Waals surface area contributed by atoms with E-state index in [0.29, 0.717) is 12.0 Å². The molecule has 0 heterocycles. The topological polar surface area (TPSA) is 29.4 Å². The quantitative estimate of drug-likeness (QED) is 0.597. The summed E-state index contributed by atoms with van der Waals surface area (Å²) in [6, 6.07) is 3.46. The Labute approximate surface area is 94.7 Å². The molecule has 0 fully saturated rings. The van der Waals surface area contributed by atoms with Crippen LogP contribution in [0.2, 0.25) is 5.02 Å². The van der Waals surface area contributed by atoms with Crippen molar-refractivity contribution in [1.29, 1.82) is 0 Å². The first-order chi connectivity index (χ1) is 7.45. The van der Waals surface area contributed by atoms with Gasteiger partial charge >= 0.3 is 6.18 Å². The van der Waals surface area contributed by atoms with Gasteiger partial charge in [-0.05, 0) is 24.1 Å². The molecule has 0 amide bonds. The number of nitrogens with zero attached hydrogens (tertiary/aromatic N) is 1. The first-order valence-corrected chi connectivity index (χ1v) is 4.72. The van der Waals surface area contributed by atoms with E-state index in [2.05, 4.69) is 4.99 Å². The number of carbonyl (C=O) groups excluding carboxylic acids is 1. The van der Waals surface area contributed by atoms with Crippen LogP contribution in [0, 0.1) is 0 Å². The van der Waals surface area contributed by atoms with Crippen LogP contribution in [0.4, 0.5) is 13.2 Å². The van der Waals surface area contributed by atoms with Crippen molar-refractivity contribution in [2.24, 2.45) is 4.99 Å². The molecule has 0 spiro atoms. The summed E-state index contributed by atoms with van der Waals surface area (Å²) in [5.41, 5.74) is -0.270. The van der Waals surface area contributed by atoms with Crippen LogP contribution in [-0.2, 0) is 17.4 Å². The first-order valence-electron chi connectivity index (χ1n) is 4.34. The molecule has 1 aromatic carbocycles. The van der Waals surface area contributed by atoms with E-state index in [1.54, 1.807) is 0 Å². The van der Waals surface area contributed by atoms with Crippen molar-refractivity contribution in [3.05, 3.63) is 34.3 Å². The van der Waals surface area contributed by atoms with Crippen LogP contribution < -0.4 is 0 Å². The molecule has 0 aromatic heterocycles. The molecule has 0 saturated heterocycles. The second-order valence-corrected chi connectivity index (χ2v) is 3.44. The molecule has 0 aliphatic heterocycles. The van der Waals surface area contributed by atoms with Gasteiger partial charge in [0.05, 0.1) is 17.1 Å². The zero-order valence-corrected chi connectivity index (χ0v) is 8.77. The normalized spacial score (nSPS) is 11.0. The highest BCUT2D eigenvalue weighted by Gasteiger charge is 2.32. The molecule has 0 atom stereocenters. The van der Waals surface area contributed by atoms with Crippen LogP contribution >= 0.6 is 11.6 Å². The number of hydrogen-bond donors (Lipinski definition) is 0. The van der Waals surface area contributed by atoms with Gasteiger partial charge in [0, 0.05) is 0 Å².